The molecule has 1 saturated carbocycles. The molecule has 2 aromatic carbocycles. The van der Waals surface area contributed by atoms with Crippen LogP contribution in [0.25, 0.3) is 0 Å². The Morgan fingerprint density at radius 1 is 0.978 bits per heavy atom. The van der Waals surface area contributed by atoms with Crippen molar-refractivity contribution in [2.45, 2.75) is 57.7 Å². The summed E-state index contributed by atoms with van der Waals surface area (Å²) in [5, 5.41) is 4.97. The molecule has 0 atom stereocenters. The fourth-order valence-corrected chi connectivity index (χ4v) is 5.27. The van der Waals surface area contributed by atoms with Gasteiger partial charge in [0.15, 0.2) is 0 Å². The third-order valence-corrected chi connectivity index (χ3v) is 7.83. The zero-order valence-electron chi connectivity index (χ0n) is 25.2. The van der Waals surface area contributed by atoms with Gasteiger partial charge in [0.25, 0.3) is 11.8 Å². The Balaban J connectivity index is 0.00000148. The van der Waals surface area contributed by atoms with Crippen molar-refractivity contribution in [2.75, 3.05) is 36.9 Å². The third-order valence-electron chi connectivity index (χ3n) is 7.83. The Morgan fingerprint density at radius 3 is 2.13 bits per heavy atom. The lowest BCUT2D eigenvalue weighted by molar-refractivity contribution is -0.137. The monoisotopic (exact) mass is 633 g/mol. The number of alkyl halides is 3. The van der Waals surface area contributed by atoms with Gasteiger partial charge >= 0.3 is 12.2 Å². The first kappa shape index (κ1) is 33.4. The minimum absolute atomic E-state index is 0.0161. The quantitative estimate of drug-likeness (QED) is 0.350. The smallest absolute Gasteiger partial charge is 0.343 e. The SMILES string of the molecule is CCC.CN1C(=O)N(c2ccc(NC(=O)C3CC3)cc2)C2(CCN(C(=O)CNC(=O)c3cc(C(F)(F)F)ccc3F)CC2)C1=O. The molecule has 1 spiro atoms. The molecule has 14 heteroatoms. The fourth-order valence-electron chi connectivity index (χ4n) is 5.27. The Kier molecular flexibility index (Phi) is 9.83. The van der Waals surface area contributed by atoms with Crippen molar-refractivity contribution in [3.63, 3.8) is 0 Å². The topological polar surface area (TPSA) is 119 Å². The van der Waals surface area contributed by atoms with E-state index in [0.717, 1.165) is 17.7 Å². The molecule has 45 heavy (non-hydrogen) atoms. The van der Waals surface area contributed by atoms with Crippen molar-refractivity contribution in [3.8, 4) is 0 Å². The number of likely N-dealkylation sites (tertiary alicyclic amines) is 1. The molecule has 2 saturated heterocycles. The van der Waals surface area contributed by atoms with Gasteiger partial charge in [0, 0.05) is 37.4 Å². The third kappa shape index (κ3) is 7.10. The number of carbonyl (C=O) groups is 5. The summed E-state index contributed by atoms with van der Waals surface area (Å²) >= 11 is 0. The van der Waals surface area contributed by atoms with E-state index in [4.69, 9.17) is 0 Å². The number of halogens is 4. The Morgan fingerprint density at radius 2 is 1.58 bits per heavy atom. The van der Waals surface area contributed by atoms with Crippen LogP contribution >= 0.6 is 0 Å². The van der Waals surface area contributed by atoms with Gasteiger partial charge in [-0.3, -0.25) is 29.0 Å². The minimum Gasteiger partial charge on any atom is -0.343 e. The van der Waals surface area contributed by atoms with Crippen LogP contribution in [0.15, 0.2) is 42.5 Å². The molecule has 6 amide bonds. The molecule has 2 aromatic rings. The highest BCUT2D eigenvalue weighted by Gasteiger charge is 2.57. The highest BCUT2D eigenvalue weighted by molar-refractivity contribution is 6.17. The van der Waals surface area contributed by atoms with E-state index in [0.29, 0.717) is 29.6 Å². The van der Waals surface area contributed by atoms with Crippen LogP contribution < -0.4 is 15.5 Å². The first-order valence-electron chi connectivity index (χ1n) is 14.7. The van der Waals surface area contributed by atoms with Gasteiger partial charge in [-0.05, 0) is 68.1 Å². The number of rotatable bonds is 6. The standard InChI is InChI=1S/C28H27F4N5O5.C3H8/c1-35-25(41)27(37(26(35)42)19-7-5-18(6-8-19)34-23(39)16-2-3-16)10-12-36(13-11-27)22(38)15-33-24(40)20-14-17(28(30,31)32)4-9-21(20)29;1-3-2/h4-9,14,16H,2-3,10-13,15H2,1H3,(H,33,40)(H,34,39);3H2,1-2H3. The van der Waals surface area contributed by atoms with Gasteiger partial charge in [0.1, 0.15) is 11.4 Å². The van der Waals surface area contributed by atoms with Crippen molar-refractivity contribution in [1.82, 2.24) is 15.1 Å². The fraction of sp³-hybridized carbons (Fsp3) is 0.452. The summed E-state index contributed by atoms with van der Waals surface area (Å²) in [6, 6.07) is 7.44. The molecule has 2 aliphatic heterocycles. The first-order valence-corrected chi connectivity index (χ1v) is 14.7. The number of anilines is 2. The molecule has 5 rings (SSSR count). The van der Waals surface area contributed by atoms with E-state index in [9.17, 15) is 41.5 Å². The molecule has 0 bridgehead atoms. The van der Waals surface area contributed by atoms with Crippen LogP contribution in [-0.2, 0) is 20.6 Å². The van der Waals surface area contributed by atoms with Gasteiger partial charge in [0.05, 0.1) is 17.7 Å². The largest absolute Gasteiger partial charge is 0.416 e. The number of nitrogens with one attached hydrogen (secondary N) is 2. The predicted octanol–water partition coefficient (Wildman–Crippen LogP) is 4.80. The number of piperidine rings is 1. The van der Waals surface area contributed by atoms with Crippen molar-refractivity contribution < 1.29 is 41.5 Å². The molecule has 3 aliphatic rings. The van der Waals surface area contributed by atoms with Crippen LogP contribution in [0.2, 0.25) is 0 Å². The molecule has 10 nitrogen and oxygen atoms in total. The van der Waals surface area contributed by atoms with Gasteiger partial charge in [0.2, 0.25) is 11.8 Å². The van der Waals surface area contributed by atoms with Gasteiger partial charge < -0.3 is 15.5 Å². The van der Waals surface area contributed by atoms with Gasteiger partial charge in [-0.15, -0.1) is 0 Å². The zero-order valence-corrected chi connectivity index (χ0v) is 25.2. The Hall–Kier alpha value is -4.49. The Bertz CT molecular complexity index is 1470. The molecule has 2 N–H and O–H groups in total. The van der Waals surface area contributed by atoms with Crippen molar-refractivity contribution >= 4 is 41.0 Å². The summed E-state index contributed by atoms with van der Waals surface area (Å²) in [4.78, 5) is 67.4. The molecular weight excluding hydrogens is 598 g/mol. The van der Waals surface area contributed by atoms with Crippen LogP contribution in [0.1, 0.15) is 61.9 Å². The second-order valence-corrected chi connectivity index (χ2v) is 11.3. The number of imide groups is 1. The van der Waals surface area contributed by atoms with Crippen LogP contribution in [-0.4, -0.2) is 71.7 Å². The molecule has 3 fully saturated rings. The normalized spacial score (nSPS) is 17.6. The van der Waals surface area contributed by atoms with E-state index in [-0.39, 0.29) is 37.8 Å². The number of carbonyl (C=O) groups excluding carboxylic acids is 5. The summed E-state index contributed by atoms with van der Waals surface area (Å²) in [7, 11) is 1.37. The zero-order chi connectivity index (χ0) is 33.1. The molecule has 0 aromatic heterocycles. The van der Waals surface area contributed by atoms with Crippen LogP contribution in [0, 0.1) is 11.7 Å². The first-order chi connectivity index (χ1) is 21.2. The molecule has 242 valence electrons. The van der Waals surface area contributed by atoms with E-state index in [1.165, 1.54) is 23.3 Å². The van der Waals surface area contributed by atoms with Gasteiger partial charge in [-0.1, -0.05) is 20.3 Å². The number of hydrogen-bond acceptors (Lipinski definition) is 5. The molecule has 1 aliphatic carbocycles. The molecule has 0 unspecified atom stereocenters. The van der Waals surface area contributed by atoms with Gasteiger partial charge in [-0.2, -0.15) is 13.2 Å². The van der Waals surface area contributed by atoms with Gasteiger partial charge in [-0.25, -0.2) is 9.18 Å². The summed E-state index contributed by atoms with van der Waals surface area (Å²) in [5.74, 6) is -3.42. The number of likely N-dealkylation sites (N-methyl/N-ethyl adjacent to an activating group) is 1. The summed E-state index contributed by atoms with van der Waals surface area (Å²) in [6.07, 6.45) is -1.65. The van der Waals surface area contributed by atoms with E-state index < -0.39 is 59.0 Å². The summed E-state index contributed by atoms with van der Waals surface area (Å²) in [5.41, 5.74) is -2.31. The maximum absolute atomic E-state index is 14.0. The maximum atomic E-state index is 14.0. The van der Waals surface area contributed by atoms with Crippen LogP contribution in [0.4, 0.5) is 33.7 Å². The number of amides is 6. The van der Waals surface area contributed by atoms with E-state index >= 15 is 0 Å². The highest BCUT2D eigenvalue weighted by atomic mass is 19.4. The second kappa shape index (κ2) is 13.2. The number of nitrogens with zero attached hydrogens (tertiary/aromatic N) is 3. The lowest BCUT2D eigenvalue weighted by atomic mass is 9.85. The summed E-state index contributed by atoms with van der Waals surface area (Å²) < 4.78 is 52.9. The van der Waals surface area contributed by atoms with E-state index in [1.807, 2.05) is 0 Å². The maximum Gasteiger partial charge on any atom is 0.416 e. The number of benzene rings is 2. The highest BCUT2D eigenvalue weighted by Crippen LogP contribution is 2.40. The average molecular weight is 634 g/mol. The average Bonchev–Trinajstić information content (AvgIpc) is 3.84. The van der Waals surface area contributed by atoms with Crippen molar-refractivity contribution in [2.24, 2.45) is 5.92 Å². The lowest BCUT2D eigenvalue weighted by Gasteiger charge is -2.42. The second-order valence-electron chi connectivity index (χ2n) is 11.3. The van der Waals surface area contributed by atoms with Crippen molar-refractivity contribution in [3.05, 3.63) is 59.4 Å². The molecule has 0 radical (unpaired) electrons. The molecular formula is C31H35F4N5O5. The Labute approximate surface area is 257 Å². The van der Waals surface area contributed by atoms with E-state index in [1.54, 1.807) is 24.3 Å². The predicted molar refractivity (Wildman–Crippen MR) is 157 cm³/mol. The number of urea groups is 1. The van der Waals surface area contributed by atoms with Crippen molar-refractivity contribution in [1.29, 1.82) is 0 Å². The van der Waals surface area contributed by atoms with Crippen LogP contribution in [0.3, 0.4) is 0 Å². The minimum atomic E-state index is -4.78. The summed E-state index contributed by atoms with van der Waals surface area (Å²) in [6.45, 7) is 3.74. The lowest BCUT2D eigenvalue weighted by Crippen LogP contribution is -2.58. The number of hydrogen-bond donors (Lipinski definition) is 2. The molecule has 2 heterocycles. The van der Waals surface area contributed by atoms with Crippen LogP contribution in [0.5, 0.6) is 0 Å². The van der Waals surface area contributed by atoms with E-state index in [2.05, 4.69) is 24.5 Å².